The van der Waals surface area contributed by atoms with Gasteiger partial charge in [-0.2, -0.15) is 0 Å². The van der Waals surface area contributed by atoms with Gasteiger partial charge in [0.05, 0.1) is 12.1 Å². The van der Waals surface area contributed by atoms with Crippen LogP contribution in [-0.2, 0) is 9.53 Å². The molecule has 0 saturated carbocycles. The van der Waals surface area contributed by atoms with Crippen molar-refractivity contribution in [3.8, 4) is 0 Å². The van der Waals surface area contributed by atoms with Crippen LogP contribution in [0.3, 0.4) is 0 Å². The van der Waals surface area contributed by atoms with Crippen LogP contribution in [0.5, 0.6) is 0 Å². The number of ketones is 1. The third kappa shape index (κ3) is 2.71. The summed E-state index contributed by atoms with van der Waals surface area (Å²) in [7, 11) is 0. The lowest BCUT2D eigenvalue weighted by molar-refractivity contribution is -0.128. The number of carbonyl (C=O) groups excluding carboxylic acids is 1. The second kappa shape index (κ2) is 5.21. The van der Waals surface area contributed by atoms with E-state index in [9.17, 15) is 4.79 Å². The zero-order valence-corrected chi connectivity index (χ0v) is 11.0. The molecule has 1 fully saturated rings. The van der Waals surface area contributed by atoms with Crippen molar-refractivity contribution in [1.29, 1.82) is 0 Å². The highest BCUT2D eigenvalue weighted by Crippen LogP contribution is 2.25. The number of nitrogens with zero attached hydrogens (tertiary/aromatic N) is 1. The Morgan fingerprint density at radius 1 is 1.24 bits per heavy atom. The van der Waals surface area contributed by atoms with Crippen LogP contribution in [0.4, 0.5) is 0 Å². The van der Waals surface area contributed by atoms with Crippen molar-refractivity contribution in [2.24, 2.45) is 0 Å². The Hall–Kier alpha value is -0.830. The van der Waals surface area contributed by atoms with E-state index in [1.165, 1.54) is 25.7 Å². The molecule has 1 saturated heterocycles. The first kappa shape index (κ1) is 12.6. The molecule has 0 spiro atoms. The predicted octanol–water partition coefficient (Wildman–Crippen LogP) is 2.51. The third-order valence-electron chi connectivity index (χ3n) is 3.88. The first-order valence-electron chi connectivity index (χ1n) is 6.75. The van der Waals surface area contributed by atoms with Crippen LogP contribution in [0.1, 0.15) is 46.0 Å². The molecule has 0 atom stereocenters. The molecule has 3 nitrogen and oxygen atoms in total. The minimum absolute atomic E-state index is 0.150. The van der Waals surface area contributed by atoms with Gasteiger partial charge < -0.3 is 4.74 Å². The summed E-state index contributed by atoms with van der Waals surface area (Å²) in [6.07, 6.45) is 7.80. The molecule has 2 aliphatic rings. The molecule has 17 heavy (non-hydrogen) atoms. The van der Waals surface area contributed by atoms with Gasteiger partial charge in [0.25, 0.3) is 0 Å². The van der Waals surface area contributed by atoms with E-state index in [1.807, 2.05) is 19.9 Å². The number of Topliss-reactive ketones (excluding diaryl/α,β-unsaturated/α-hetero) is 1. The Morgan fingerprint density at radius 3 is 2.41 bits per heavy atom. The maximum absolute atomic E-state index is 12.4. The average molecular weight is 237 g/mol. The van der Waals surface area contributed by atoms with Crippen LogP contribution in [0.15, 0.2) is 11.8 Å². The molecular weight excluding hydrogens is 214 g/mol. The van der Waals surface area contributed by atoms with Crippen LogP contribution in [0, 0.1) is 0 Å². The maximum Gasteiger partial charge on any atom is 0.216 e. The highest BCUT2D eigenvalue weighted by molar-refractivity contribution is 6.00. The topological polar surface area (TPSA) is 29.5 Å². The van der Waals surface area contributed by atoms with Crippen molar-refractivity contribution >= 4 is 5.78 Å². The van der Waals surface area contributed by atoms with E-state index in [-0.39, 0.29) is 5.78 Å². The molecule has 2 heterocycles. The molecule has 0 aromatic rings. The normalized spacial score (nSPS) is 22.8. The summed E-state index contributed by atoms with van der Waals surface area (Å²) in [5.41, 5.74) is -0.416. The molecule has 0 bridgehead atoms. The molecule has 2 aliphatic heterocycles. The Balaban J connectivity index is 2.07. The number of hydrogen-bond donors (Lipinski definition) is 0. The number of carbonyl (C=O) groups is 1. The van der Waals surface area contributed by atoms with Crippen molar-refractivity contribution in [1.82, 2.24) is 4.90 Å². The van der Waals surface area contributed by atoms with E-state index < -0.39 is 5.54 Å². The number of ether oxygens (including phenoxy) is 1. The molecule has 0 unspecified atom stereocenters. The first-order chi connectivity index (χ1) is 8.12. The number of hydrogen-bond acceptors (Lipinski definition) is 3. The molecule has 3 heteroatoms. The Bertz CT molecular complexity index is 312. The predicted molar refractivity (Wildman–Crippen MR) is 67.8 cm³/mol. The SMILES string of the molecule is CC(C)(C(=O)C1=CCCO1)N1CCCCCC1. The molecule has 0 aromatic carbocycles. The minimum Gasteiger partial charge on any atom is -0.490 e. The lowest BCUT2D eigenvalue weighted by Crippen LogP contribution is -2.51. The first-order valence-corrected chi connectivity index (χ1v) is 6.75. The van der Waals surface area contributed by atoms with Gasteiger partial charge in [-0.25, -0.2) is 0 Å². The standard InChI is InChI=1S/C14H23NO2/c1-14(2,13(16)12-8-7-11-17-12)15-9-5-3-4-6-10-15/h8H,3-7,9-11H2,1-2H3. The second-order valence-corrected chi connectivity index (χ2v) is 5.49. The minimum atomic E-state index is -0.416. The van der Waals surface area contributed by atoms with Crippen LogP contribution < -0.4 is 0 Å². The smallest absolute Gasteiger partial charge is 0.216 e. The number of likely N-dealkylation sites (tertiary alicyclic amines) is 1. The molecule has 0 N–H and O–H groups in total. The summed E-state index contributed by atoms with van der Waals surface area (Å²) in [6.45, 7) is 6.79. The van der Waals surface area contributed by atoms with Crippen molar-refractivity contribution < 1.29 is 9.53 Å². The van der Waals surface area contributed by atoms with Gasteiger partial charge in [-0.3, -0.25) is 9.69 Å². The van der Waals surface area contributed by atoms with Crippen LogP contribution in [-0.4, -0.2) is 35.9 Å². The zero-order chi connectivity index (χ0) is 12.3. The molecule has 0 amide bonds. The summed E-state index contributed by atoms with van der Waals surface area (Å²) in [5.74, 6) is 0.733. The van der Waals surface area contributed by atoms with E-state index >= 15 is 0 Å². The Morgan fingerprint density at radius 2 is 1.88 bits per heavy atom. The maximum atomic E-state index is 12.4. The van der Waals surface area contributed by atoms with Gasteiger partial charge in [0.2, 0.25) is 5.78 Å². The summed E-state index contributed by atoms with van der Waals surface area (Å²) in [5, 5.41) is 0. The van der Waals surface area contributed by atoms with Gasteiger partial charge in [-0.15, -0.1) is 0 Å². The fraction of sp³-hybridized carbons (Fsp3) is 0.786. The fourth-order valence-corrected chi connectivity index (χ4v) is 2.65. The summed E-state index contributed by atoms with van der Waals surface area (Å²) < 4.78 is 5.41. The monoisotopic (exact) mass is 237 g/mol. The van der Waals surface area contributed by atoms with Crippen molar-refractivity contribution in [3.63, 3.8) is 0 Å². The van der Waals surface area contributed by atoms with Crippen LogP contribution in [0.25, 0.3) is 0 Å². The summed E-state index contributed by atoms with van der Waals surface area (Å²) in [4.78, 5) is 14.8. The molecule has 0 aromatic heterocycles. The summed E-state index contributed by atoms with van der Waals surface area (Å²) in [6, 6.07) is 0. The molecule has 0 aliphatic carbocycles. The van der Waals surface area contributed by atoms with Crippen molar-refractivity contribution in [3.05, 3.63) is 11.8 Å². The lowest BCUT2D eigenvalue weighted by atomic mass is 9.94. The van der Waals surface area contributed by atoms with E-state index in [1.54, 1.807) is 0 Å². The quantitative estimate of drug-likeness (QED) is 0.755. The van der Waals surface area contributed by atoms with Gasteiger partial charge in [0.1, 0.15) is 0 Å². The Kier molecular flexibility index (Phi) is 3.87. The molecule has 2 rings (SSSR count). The second-order valence-electron chi connectivity index (χ2n) is 5.49. The molecular formula is C14H23NO2. The molecule has 0 radical (unpaired) electrons. The van der Waals surface area contributed by atoms with E-state index in [0.29, 0.717) is 12.4 Å². The van der Waals surface area contributed by atoms with Crippen LogP contribution >= 0.6 is 0 Å². The highest BCUT2D eigenvalue weighted by Gasteiger charge is 2.37. The van der Waals surface area contributed by atoms with E-state index in [4.69, 9.17) is 4.74 Å². The van der Waals surface area contributed by atoms with E-state index in [2.05, 4.69) is 4.90 Å². The largest absolute Gasteiger partial charge is 0.490 e. The van der Waals surface area contributed by atoms with Crippen molar-refractivity contribution in [2.45, 2.75) is 51.5 Å². The van der Waals surface area contributed by atoms with Gasteiger partial charge in [-0.05, 0) is 45.9 Å². The Labute approximate surface area is 104 Å². The lowest BCUT2D eigenvalue weighted by Gasteiger charge is -2.36. The fourth-order valence-electron chi connectivity index (χ4n) is 2.65. The van der Waals surface area contributed by atoms with Gasteiger partial charge in [0, 0.05) is 6.42 Å². The third-order valence-corrected chi connectivity index (χ3v) is 3.88. The number of rotatable bonds is 3. The van der Waals surface area contributed by atoms with Gasteiger partial charge in [0.15, 0.2) is 5.76 Å². The zero-order valence-electron chi connectivity index (χ0n) is 11.0. The van der Waals surface area contributed by atoms with Crippen LogP contribution in [0.2, 0.25) is 0 Å². The van der Waals surface area contributed by atoms with Gasteiger partial charge >= 0.3 is 0 Å². The summed E-state index contributed by atoms with van der Waals surface area (Å²) >= 11 is 0. The van der Waals surface area contributed by atoms with Gasteiger partial charge in [-0.1, -0.05) is 12.8 Å². The highest BCUT2D eigenvalue weighted by atomic mass is 16.5. The molecule has 96 valence electrons. The van der Waals surface area contributed by atoms with E-state index in [0.717, 1.165) is 19.5 Å². The average Bonchev–Trinajstić information content (AvgIpc) is 2.69. The van der Waals surface area contributed by atoms with Crippen molar-refractivity contribution in [2.75, 3.05) is 19.7 Å².